The molecule has 4 atom stereocenters. The van der Waals surface area contributed by atoms with Crippen LogP contribution < -0.4 is 16.4 Å². The zero-order valence-corrected chi connectivity index (χ0v) is 15.4. The van der Waals surface area contributed by atoms with Gasteiger partial charge in [-0.2, -0.15) is 0 Å². The molecule has 154 valence electrons. The summed E-state index contributed by atoms with van der Waals surface area (Å²) in [7, 11) is 0. The van der Waals surface area contributed by atoms with E-state index in [1.165, 1.54) is 6.92 Å². The molecule has 0 unspecified atom stereocenters. The monoisotopic (exact) mass is 395 g/mol. The highest BCUT2D eigenvalue weighted by Crippen LogP contribution is 2.06. The lowest BCUT2D eigenvalue weighted by Gasteiger charge is -2.23. The largest absolute Gasteiger partial charge is 0.481 e. The van der Waals surface area contributed by atoms with Crippen LogP contribution in [0, 0.1) is 0 Å². The first-order valence-electron chi connectivity index (χ1n) is 8.64. The van der Waals surface area contributed by atoms with Gasteiger partial charge in [-0.1, -0.05) is 30.3 Å². The van der Waals surface area contributed by atoms with Crippen LogP contribution in [-0.2, 0) is 25.6 Å². The fourth-order valence-corrected chi connectivity index (χ4v) is 2.34. The fourth-order valence-electron chi connectivity index (χ4n) is 2.34. The molecule has 1 aromatic carbocycles. The maximum Gasteiger partial charge on any atom is 0.326 e. The standard InChI is InChI=1S/C18H25N3O7/c1-10(22)15(19)17(26)21-13(9-11-5-3-2-4-6-11)16(25)20-12(18(27)28)7-8-14(23)24/h2-6,10,12-13,15,22H,7-9,19H2,1H3,(H,20,25)(H,21,26)(H,23,24)(H,27,28)/t10-,12+,13+,15+/m1/s1. The van der Waals surface area contributed by atoms with Crippen molar-refractivity contribution in [3.63, 3.8) is 0 Å². The van der Waals surface area contributed by atoms with Crippen molar-refractivity contribution in [1.82, 2.24) is 10.6 Å². The number of aliphatic carboxylic acids is 2. The molecule has 0 spiro atoms. The van der Waals surface area contributed by atoms with E-state index >= 15 is 0 Å². The molecule has 0 aliphatic carbocycles. The number of aliphatic hydroxyl groups is 1. The molecule has 7 N–H and O–H groups in total. The lowest BCUT2D eigenvalue weighted by Crippen LogP contribution is -2.57. The predicted octanol–water partition coefficient (Wildman–Crippen LogP) is -1.14. The van der Waals surface area contributed by atoms with Gasteiger partial charge in [0.25, 0.3) is 0 Å². The van der Waals surface area contributed by atoms with E-state index in [1.54, 1.807) is 30.3 Å². The van der Waals surface area contributed by atoms with Crippen molar-refractivity contribution in [2.45, 2.75) is 50.4 Å². The average Bonchev–Trinajstić information content (AvgIpc) is 2.63. The summed E-state index contributed by atoms with van der Waals surface area (Å²) in [5.41, 5.74) is 6.28. The molecule has 10 heteroatoms. The maximum absolute atomic E-state index is 12.6. The number of benzene rings is 1. The number of carbonyl (C=O) groups excluding carboxylic acids is 2. The molecule has 0 bridgehead atoms. The zero-order valence-electron chi connectivity index (χ0n) is 15.4. The van der Waals surface area contributed by atoms with Crippen LogP contribution in [0.1, 0.15) is 25.3 Å². The Morgan fingerprint density at radius 1 is 1.00 bits per heavy atom. The highest BCUT2D eigenvalue weighted by Gasteiger charge is 2.29. The van der Waals surface area contributed by atoms with Crippen LogP contribution in [0.25, 0.3) is 0 Å². The number of amides is 2. The minimum Gasteiger partial charge on any atom is -0.481 e. The summed E-state index contributed by atoms with van der Waals surface area (Å²) in [4.78, 5) is 46.7. The average molecular weight is 395 g/mol. The summed E-state index contributed by atoms with van der Waals surface area (Å²) < 4.78 is 0. The summed E-state index contributed by atoms with van der Waals surface area (Å²) in [6, 6.07) is 4.83. The van der Waals surface area contributed by atoms with E-state index in [4.69, 9.17) is 10.8 Å². The second kappa shape index (κ2) is 11.0. The number of carbonyl (C=O) groups is 4. The van der Waals surface area contributed by atoms with Crippen LogP contribution in [0.3, 0.4) is 0 Å². The van der Waals surface area contributed by atoms with Crippen molar-refractivity contribution in [2.75, 3.05) is 0 Å². The SMILES string of the molecule is C[C@@H](O)[C@H](N)C(=O)N[C@@H](Cc1ccccc1)C(=O)N[C@@H](CCC(=O)O)C(=O)O. The van der Waals surface area contributed by atoms with E-state index in [0.717, 1.165) is 0 Å². The molecule has 0 aliphatic heterocycles. The number of aliphatic hydroxyl groups excluding tert-OH is 1. The topological polar surface area (TPSA) is 179 Å². The molecule has 2 amide bonds. The Morgan fingerprint density at radius 2 is 1.57 bits per heavy atom. The Kier molecular flexibility index (Phi) is 9.06. The molecule has 0 heterocycles. The number of carboxylic acid groups (broad SMARTS) is 2. The molecule has 1 aromatic rings. The van der Waals surface area contributed by atoms with Gasteiger partial charge in [-0.25, -0.2) is 4.79 Å². The minimum absolute atomic E-state index is 0.0518. The van der Waals surface area contributed by atoms with E-state index in [9.17, 15) is 29.4 Å². The van der Waals surface area contributed by atoms with E-state index < -0.39 is 54.4 Å². The van der Waals surface area contributed by atoms with Crippen LogP contribution >= 0.6 is 0 Å². The Hall–Kier alpha value is -2.98. The summed E-state index contributed by atoms with van der Waals surface area (Å²) in [6.07, 6.45) is -1.85. The van der Waals surface area contributed by atoms with Gasteiger partial charge in [-0.15, -0.1) is 0 Å². The Balaban J connectivity index is 2.94. The van der Waals surface area contributed by atoms with Gasteiger partial charge >= 0.3 is 11.9 Å². The third kappa shape index (κ3) is 7.72. The van der Waals surface area contributed by atoms with Gasteiger partial charge in [0.1, 0.15) is 18.1 Å². The number of carboxylic acids is 2. The lowest BCUT2D eigenvalue weighted by molar-refractivity contribution is -0.143. The first kappa shape index (κ1) is 23.1. The van der Waals surface area contributed by atoms with E-state index in [0.29, 0.717) is 5.56 Å². The highest BCUT2D eigenvalue weighted by molar-refractivity contribution is 5.92. The van der Waals surface area contributed by atoms with Crippen molar-refractivity contribution in [1.29, 1.82) is 0 Å². The molecule has 0 aliphatic rings. The van der Waals surface area contributed by atoms with Gasteiger partial charge < -0.3 is 31.7 Å². The molecule has 0 saturated carbocycles. The van der Waals surface area contributed by atoms with Crippen LogP contribution in [0.4, 0.5) is 0 Å². The Labute approximate surface area is 161 Å². The summed E-state index contributed by atoms with van der Waals surface area (Å²) in [5, 5.41) is 32.0. The Bertz CT molecular complexity index is 694. The first-order chi connectivity index (χ1) is 13.1. The van der Waals surface area contributed by atoms with Gasteiger partial charge in [0, 0.05) is 12.8 Å². The molecular weight excluding hydrogens is 370 g/mol. The smallest absolute Gasteiger partial charge is 0.326 e. The number of hydrogen-bond acceptors (Lipinski definition) is 6. The van der Waals surface area contributed by atoms with Crippen molar-refractivity contribution >= 4 is 23.8 Å². The summed E-state index contributed by atoms with van der Waals surface area (Å²) in [6.45, 7) is 1.32. The molecule has 0 saturated heterocycles. The summed E-state index contributed by atoms with van der Waals surface area (Å²) in [5.74, 6) is -4.16. The van der Waals surface area contributed by atoms with E-state index in [-0.39, 0.29) is 12.8 Å². The molecule has 0 fully saturated rings. The molecule has 28 heavy (non-hydrogen) atoms. The maximum atomic E-state index is 12.6. The quantitative estimate of drug-likeness (QED) is 0.272. The van der Waals surface area contributed by atoms with Crippen molar-refractivity contribution < 1.29 is 34.5 Å². The van der Waals surface area contributed by atoms with Crippen molar-refractivity contribution in [3.05, 3.63) is 35.9 Å². The molecule has 0 aromatic heterocycles. The van der Waals surface area contributed by atoms with Crippen molar-refractivity contribution in [2.24, 2.45) is 5.73 Å². The third-order valence-corrected chi connectivity index (χ3v) is 4.00. The molecule has 1 rings (SSSR count). The lowest BCUT2D eigenvalue weighted by atomic mass is 10.0. The van der Waals surface area contributed by atoms with Gasteiger partial charge in [0.2, 0.25) is 11.8 Å². The molecular formula is C18H25N3O7. The number of nitrogens with two attached hydrogens (primary N) is 1. The van der Waals surface area contributed by atoms with Gasteiger partial charge in [-0.3, -0.25) is 14.4 Å². The number of nitrogens with one attached hydrogen (secondary N) is 2. The predicted molar refractivity (Wildman–Crippen MR) is 98.2 cm³/mol. The first-order valence-corrected chi connectivity index (χ1v) is 8.64. The normalized spacial score (nSPS) is 15.0. The number of hydrogen-bond donors (Lipinski definition) is 6. The fraction of sp³-hybridized carbons (Fsp3) is 0.444. The van der Waals surface area contributed by atoms with Gasteiger partial charge in [0.05, 0.1) is 6.10 Å². The van der Waals surface area contributed by atoms with Crippen LogP contribution in [-0.4, -0.2) is 63.3 Å². The van der Waals surface area contributed by atoms with Gasteiger partial charge in [-0.05, 0) is 18.9 Å². The molecule has 10 nitrogen and oxygen atoms in total. The second-order valence-corrected chi connectivity index (χ2v) is 6.35. The van der Waals surface area contributed by atoms with Crippen LogP contribution in [0.5, 0.6) is 0 Å². The third-order valence-electron chi connectivity index (χ3n) is 4.00. The minimum atomic E-state index is -1.43. The van der Waals surface area contributed by atoms with Crippen LogP contribution in [0.15, 0.2) is 30.3 Å². The van der Waals surface area contributed by atoms with Crippen LogP contribution in [0.2, 0.25) is 0 Å². The zero-order chi connectivity index (χ0) is 21.3. The second-order valence-electron chi connectivity index (χ2n) is 6.35. The number of rotatable bonds is 11. The summed E-state index contributed by atoms with van der Waals surface area (Å²) >= 11 is 0. The molecule has 0 radical (unpaired) electrons. The van der Waals surface area contributed by atoms with E-state index in [1.807, 2.05) is 0 Å². The van der Waals surface area contributed by atoms with Crippen molar-refractivity contribution in [3.8, 4) is 0 Å². The Morgan fingerprint density at radius 3 is 2.07 bits per heavy atom. The highest BCUT2D eigenvalue weighted by atomic mass is 16.4. The van der Waals surface area contributed by atoms with Gasteiger partial charge in [0.15, 0.2) is 0 Å². The van der Waals surface area contributed by atoms with E-state index in [2.05, 4.69) is 10.6 Å².